The minimum atomic E-state index is -0.501. The van der Waals surface area contributed by atoms with E-state index in [1.54, 1.807) is 0 Å². The molecule has 0 bridgehead atoms. The summed E-state index contributed by atoms with van der Waals surface area (Å²) in [6, 6.07) is 10.1. The van der Waals surface area contributed by atoms with E-state index < -0.39 is 5.41 Å². The third-order valence-corrected chi connectivity index (χ3v) is 4.12. The third-order valence-electron chi connectivity index (χ3n) is 3.34. The van der Waals surface area contributed by atoms with Gasteiger partial charge in [-0.1, -0.05) is 60.1 Å². The predicted molar refractivity (Wildman–Crippen MR) is 84.6 cm³/mol. The van der Waals surface area contributed by atoms with Gasteiger partial charge in [0.05, 0.1) is 5.41 Å². The molecule has 0 radical (unpaired) electrons. The van der Waals surface area contributed by atoms with Crippen LogP contribution in [0.25, 0.3) is 0 Å². The van der Waals surface area contributed by atoms with Gasteiger partial charge in [-0.15, -0.1) is 0 Å². The van der Waals surface area contributed by atoms with Crippen LogP contribution in [-0.4, -0.2) is 17.3 Å². The Hall–Kier alpha value is -0.830. The largest absolute Gasteiger partial charge is 0.352 e. The number of rotatable bonds is 6. The highest BCUT2D eigenvalue weighted by Gasteiger charge is 2.30. The van der Waals surface area contributed by atoms with E-state index in [9.17, 15) is 4.79 Å². The molecule has 1 amide bonds. The average Bonchev–Trinajstić information content (AvgIpc) is 2.38. The van der Waals surface area contributed by atoms with Gasteiger partial charge in [0.15, 0.2) is 0 Å². The van der Waals surface area contributed by atoms with Gasteiger partial charge in [0.1, 0.15) is 0 Å². The number of hydrogen-bond donors (Lipinski definition) is 1. The van der Waals surface area contributed by atoms with Crippen LogP contribution in [0.3, 0.4) is 0 Å². The summed E-state index contributed by atoms with van der Waals surface area (Å²) >= 11 is 3.48. The topological polar surface area (TPSA) is 29.1 Å². The molecule has 1 aromatic rings. The van der Waals surface area contributed by atoms with Crippen molar-refractivity contribution in [1.82, 2.24) is 5.32 Å². The van der Waals surface area contributed by atoms with E-state index in [-0.39, 0.29) is 11.9 Å². The Kier molecular flexibility index (Phi) is 6.05. The molecular weight excluding hydrogens is 302 g/mol. The van der Waals surface area contributed by atoms with Crippen molar-refractivity contribution in [2.75, 3.05) is 5.33 Å². The number of carbonyl (C=O) groups is 1. The van der Waals surface area contributed by atoms with Crippen molar-refractivity contribution in [3.63, 3.8) is 0 Å². The van der Waals surface area contributed by atoms with E-state index in [2.05, 4.69) is 35.1 Å². The molecule has 0 aliphatic rings. The fraction of sp³-hybridized carbons (Fsp3) is 0.562. The molecule has 106 valence electrons. The molecular formula is C16H24BrNO. The molecule has 2 nitrogen and oxygen atoms in total. The lowest BCUT2D eigenvalue weighted by Crippen LogP contribution is -2.46. The van der Waals surface area contributed by atoms with Crippen molar-refractivity contribution in [2.45, 2.75) is 45.6 Å². The Labute approximate surface area is 125 Å². The number of alkyl halides is 1. The van der Waals surface area contributed by atoms with Crippen molar-refractivity contribution in [3.05, 3.63) is 35.9 Å². The van der Waals surface area contributed by atoms with Crippen LogP contribution >= 0.6 is 15.9 Å². The van der Waals surface area contributed by atoms with Gasteiger partial charge in [-0.3, -0.25) is 4.79 Å². The maximum atomic E-state index is 12.5. The third kappa shape index (κ3) is 4.64. The van der Waals surface area contributed by atoms with Crippen molar-refractivity contribution in [3.8, 4) is 0 Å². The number of benzene rings is 1. The standard InChI is InChI=1S/C16H24BrNO/c1-12(2)10-14(11-17)18-15(19)16(3,4)13-8-6-5-7-9-13/h5-9,12,14H,10-11H2,1-4H3,(H,18,19). The zero-order chi connectivity index (χ0) is 14.5. The number of halogens is 1. The Morgan fingerprint density at radius 1 is 1.26 bits per heavy atom. The van der Waals surface area contributed by atoms with Gasteiger partial charge in [-0.2, -0.15) is 0 Å². The first-order chi connectivity index (χ1) is 8.87. The second-order valence-electron chi connectivity index (χ2n) is 5.95. The van der Waals surface area contributed by atoms with Gasteiger partial charge in [0.2, 0.25) is 5.91 Å². The Balaban J connectivity index is 2.76. The number of nitrogens with one attached hydrogen (secondary N) is 1. The fourth-order valence-corrected chi connectivity index (χ4v) is 2.51. The number of amides is 1. The zero-order valence-corrected chi connectivity index (χ0v) is 13.8. The molecule has 19 heavy (non-hydrogen) atoms. The van der Waals surface area contributed by atoms with E-state index in [1.165, 1.54) is 0 Å². The summed E-state index contributed by atoms with van der Waals surface area (Å²) in [6.45, 7) is 8.28. The normalized spacial score (nSPS) is 13.4. The summed E-state index contributed by atoms with van der Waals surface area (Å²) in [7, 11) is 0. The van der Waals surface area contributed by atoms with Crippen molar-refractivity contribution in [1.29, 1.82) is 0 Å². The number of carbonyl (C=O) groups excluding carboxylic acids is 1. The molecule has 1 N–H and O–H groups in total. The van der Waals surface area contributed by atoms with E-state index in [0.29, 0.717) is 5.92 Å². The lowest BCUT2D eigenvalue weighted by atomic mass is 9.83. The highest BCUT2D eigenvalue weighted by atomic mass is 79.9. The zero-order valence-electron chi connectivity index (χ0n) is 12.2. The summed E-state index contributed by atoms with van der Waals surface area (Å²) in [4.78, 5) is 12.5. The molecule has 0 saturated carbocycles. The molecule has 0 aromatic heterocycles. The lowest BCUT2D eigenvalue weighted by molar-refractivity contribution is -0.126. The first kappa shape index (κ1) is 16.2. The summed E-state index contributed by atoms with van der Waals surface area (Å²) in [5.74, 6) is 0.659. The molecule has 0 aliphatic heterocycles. The first-order valence-corrected chi connectivity index (χ1v) is 7.92. The van der Waals surface area contributed by atoms with Crippen molar-refractivity contribution in [2.24, 2.45) is 5.92 Å². The molecule has 0 aliphatic carbocycles. The molecule has 1 rings (SSSR count). The van der Waals surface area contributed by atoms with Gasteiger partial charge in [0.25, 0.3) is 0 Å². The van der Waals surface area contributed by atoms with Crippen LogP contribution in [0.5, 0.6) is 0 Å². The Bertz CT molecular complexity index is 400. The Morgan fingerprint density at radius 2 is 1.84 bits per heavy atom. The molecule has 3 heteroatoms. The maximum Gasteiger partial charge on any atom is 0.230 e. The molecule has 0 heterocycles. The smallest absolute Gasteiger partial charge is 0.230 e. The summed E-state index contributed by atoms with van der Waals surface area (Å²) in [6.07, 6.45) is 0.988. The first-order valence-electron chi connectivity index (χ1n) is 6.80. The number of hydrogen-bond acceptors (Lipinski definition) is 1. The minimum Gasteiger partial charge on any atom is -0.352 e. The van der Waals surface area contributed by atoms with E-state index in [0.717, 1.165) is 17.3 Å². The second-order valence-corrected chi connectivity index (χ2v) is 6.59. The Morgan fingerprint density at radius 3 is 2.32 bits per heavy atom. The van der Waals surface area contributed by atoms with Crippen molar-refractivity contribution < 1.29 is 4.79 Å². The van der Waals surface area contributed by atoms with Gasteiger partial charge in [0, 0.05) is 11.4 Å². The van der Waals surface area contributed by atoms with Gasteiger partial charge < -0.3 is 5.32 Å². The fourth-order valence-electron chi connectivity index (χ4n) is 2.08. The quantitative estimate of drug-likeness (QED) is 0.790. The van der Waals surface area contributed by atoms with Crippen molar-refractivity contribution >= 4 is 21.8 Å². The van der Waals surface area contributed by atoms with E-state index in [4.69, 9.17) is 0 Å². The maximum absolute atomic E-state index is 12.5. The average molecular weight is 326 g/mol. The summed E-state index contributed by atoms with van der Waals surface area (Å²) in [5, 5.41) is 3.94. The highest BCUT2D eigenvalue weighted by molar-refractivity contribution is 9.09. The van der Waals surface area contributed by atoms with Crippen LogP contribution < -0.4 is 5.32 Å². The lowest BCUT2D eigenvalue weighted by Gasteiger charge is -2.28. The van der Waals surface area contributed by atoms with E-state index in [1.807, 2.05) is 44.2 Å². The van der Waals surface area contributed by atoms with Gasteiger partial charge >= 0.3 is 0 Å². The van der Waals surface area contributed by atoms with Gasteiger partial charge in [-0.05, 0) is 31.7 Å². The SMILES string of the molecule is CC(C)CC(CBr)NC(=O)C(C)(C)c1ccccc1. The monoisotopic (exact) mass is 325 g/mol. The van der Waals surface area contributed by atoms with E-state index >= 15 is 0 Å². The van der Waals surface area contributed by atoms with Crippen LogP contribution in [0, 0.1) is 5.92 Å². The molecule has 0 fully saturated rings. The van der Waals surface area contributed by atoms with Crippen LogP contribution in [-0.2, 0) is 10.2 Å². The molecule has 1 atom stereocenters. The predicted octanol–water partition coefficient (Wildman–Crippen LogP) is 3.89. The molecule has 0 saturated heterocycles. The van der Waals surface area contributed by atoms with Crippen LogP contribution in [0.4, 0.5) is 0 Å². The molecule has 1 aromatic carbocycles. The van der Waals surface area contributed by atoms with Crippen LogP contribution in [0.2, 0.25) is 0 Å². The second kappa shape index (κ2) is 7.09. The molecule has 0 spiro atoms. The molecule has 1 unspecified atom stereocenters. The van der Waals surface area contributed by atoms with Crippen LogP contribution in [0.15, 0.2) is 30.3 Å². The van der Waals surface area contributed by atoms with Crippen LogP contribution in [0.1, 0.15) is 39.7 Å². The summed E-state index contributed by atoms with van der Waals surface area (Å²) < 4.78 is 0. The minimum absolute atomic E-state index is 0.0869. The highest BCUT2D eigenvalue weighted by Crippen LogP contribution is 2.23. The summed E-state index contributed by atoms with van der Waals surface area (Å²) in [5.41, 5.74) is 0.545. The van der Waals surface area contributed by atoms with Gasteiger partial charge in [-0.25, -0.2) is 0 Å².